The summed E-state index contributed by atoms with van der Waals surface area (Å²) >= 11 is 1.42. The Kier molecular flexibility index (Phi) is 5.12. The fraction of sp³-hybridized carbons (Fsp3) is 0.333. The predicted molar refractivity (Wildman–Crippen MR) is 81.4 cm³/mol. The van der Waals surface area contributed by atoms with Gasteiger partial charge in [-0.1, -0.05) is 37.3 Å². The maximum atomic E-state index is 11.3. The highest BCUT2D eigenvalue weighted by Crippen LogP contribution is 2.20. The van der Waals surface area contributed by atoms with Crippen molar-refractivity contribution in [3.63, 3.8) is 0 Å². The van der Waals surface area contributed by atoms with Crippen molar-refractivity contribution in [1.82, 2.24) is 4.98 Å². The summed E-state index contributed by atoms with van der Waals surface area (Å²) in [6.45, 7) is 3.03. The summed E-state index contributed by atoms with van der Waals surface area (Å²) in [6, 6.07) is 10.4. The molecule has 4 nitrogen and oxygen atoms in total. The Morgan fingerprint density at radius 1 is 1.40 bits per heavy atom. The number of carbonyl (C=O) groups excluding carboxylic acids is 1. The van der Waals surface area contributed by atoms with Crippen LogP contribution in [0.5, 0.6) is 0 Å². The van der Waals surface area contributed by atoms with E-state index in [-0.39, 0.29) is 0 Å². The van der Waals surface area contributed by atoms with Gasteiger partial charge in [-0.15, -0.1) is 11.3 Å². The highest BCUT2D eigenvalue weighted by atomic mass is 32.1. The predicted octanol–water partition coefficient (Wildman–Crippen LogP) is 3.54. The molecule has 0 aliphatic carbocycles. The van der Waals surface area contributed by atoms with Gasteiger partial charge in [0.25, 0.3) is 0 Å². The number of esters is 1. The van der Waals surface area contributed by atoms with Gasteiger partial charge in [-0.05, 0) is 17.9 Å². The standard InChI is InChI=1S/C15H18N2O2S/c1-11(12-6-4-3-5-7-12)8-9-16-15-17-13(10-20-15)14(18)19-2/h3-7,10-11H,8-9H2,1-2H3,(H,16,17). The van der Waals surface area contributed by atoms with Crippen LogP contribution < -0.4 is 5.32 Å². The molecule has 2 rings (SSSR count). The lowest BCUT2D eigenvalue weighted by atomic mass is 9.98. The number of hydrogen-bond donors (Lipinski definition) is 1. The highest BCUT2D eigenvalue weighted by molar-refractivity contribution is 7.13. The van der Waals surface area contributed by atoms with Crippen molar-refractivity contribution < 1.29 is 9.53 Å². The Morgan fingerprint density at radius 3 is 2.85 bits per heavy atom. The molecule has 0 bridgehead atoms. The Bertz CT molecular complexity index is 554. The largest absolute Gasteiger partial charge is 0.464 e. The summed E-state index contributed by atoms with van der Waals surface area (Å²) in [4.78, 5) is 15.5. The van der Waals surface area contributed by atoms with Crippen molar-refractivity contribution in [3.8, 4) is 0 Å². The molecular formula is C15H18N2O2S. The average Bonchev–Trinajstić information content (AvgIpc) is 2.96. The number of nitrogens with zero attached hydrogens (tertiary/aromatic N) is 1. The number of methoxy groups -OCH3 is 1. The van der Waals surface area contributed by atoms with Crippen LogP contribution in [0.15, 0.2) is 35.7 Å². The third-order valence-electron chi connectivity index (χ3n) is 3.12. The Balaban J connectivity index is 1.81. The van der Waals surface area contributed by atoms with Crippen molar-refractivity contribution in [2.75, 3.05) is 19.0 Å². The van der Waals surface area contributed by atoms with Gasteiger partial charge in [0.1, 0.15) is 0 Å². The number of anilines is 1. The molecule has 1 aromatic carbocycles. The number of nitrogens with one attached hydrogen (secondary N) is 1. The molecule has 0 spiro atoms. The van der Waals surface area contributed by atoms with Gasteiger partial charge in [0.05, 0.1) is 7.11 Å². The molecule has 5 heteroatoms. The van der Waals surface area contributed by atoms with Crippen LogP contribution in [-0.4, -0.2) is 24.6 Å². The fourth-order valence-electron chi connectivity index (χ4n) is 1.90. The van der Waals surface area contributed by atoms with Gasteiger partial charge < -0.3 is 10.1 Å². The second-order valence-electron chi connectivity index (χ2n) is 4.56. The first-order valence-electron chi connectivity index (χ1n) is 6.53. The topological polar surface area (TPSA) is 51.2 Å². The molecule has 0 aliphatic heterocycles. The van der Waals surface area contributed by atoms with Gasteiger partial charge in [-0.25, -0.2) is 9.78 Å². The molecule has 1 unspecified atom stereocenters. The van der Waals surface area contributed by atoms with E-state index >= 15 is 0 Å². The summed E-state index contributed by atoms with van der Waals surface area (Å²) in [6.07, 6.45) is 1.01. The maximum absolute atomic E-state index is 11.3. The van der Waals surface area contributed by atoms with Crippen LogP contribution in [0.1, 0.15) is 35.3 Å². The van der Waals surface area contributed by atoms with Crippen LogP contribution in [0.2, 0.25) is 0 Å². The van der Waals surface area contributed by atoms with Crippen LogP contribution in [0, 0.1) is 0 Å². The van der Waals surface area contributed by atoms with Gasteiger partial charge in [-0.3, -0.25) is 0 Å². The van der Waals surface area contributed by atoms with Crippen LogP contribution in [0.25, 0.3) is 0 Å². The van der Waals surface area contributed by atoms with Crippen molar-refractivity contribution in [3.05, 3.63) is 47.0 Å². The first-order valence-corrected chi connectivity index (χ1v) is 7.41. The lowest BCUT2D eigenvalue weighted by molar-refractivity contribution is 0.0595. The van der Waals surface area contributed by atoms with Crippen LogP contribution in [0.3, 0.4) is 0 Å². The van der Waals surface area contributed by atoms with E-state index < -0.39 is 5.97 Å². The molecule has 0 saturated heterocycles. The summed E-state index contributed by atoms with van der Waals surface area (Å²) in [7, 11) is 1.36. The minimum atomic E-state index is -0.396. The third kappa shape index (κ3) is 3.81. The molecule has 1 heterocycles. The molecule has 0 radical (unpaired) electrons. The summed E-state index contributed by atoms with van der Waals surface area (Å²) in [5.41, 5.74) is 1.69. The Morgan fingerprint density at radius 2 is 2.15 bits per heavy atom. The van der Waals surface area contributed by atoms with E-state index in [0.29, 0.717) is 11.6 Å². The Hall–Kier alpha value is -1.88. The van der Waals surface area contributed by atoms with Crippen molar-refractivity contribution in [2.45, 2.75) is 19.3 Å². The minimum absolute atomic E-state index is 0.358. The van der Waals surface area contributed by atoms with E-state index in [2.05, 4.69) is 46.2 Å². The van der Waals surface area contributed by atoms with Crippen molar-refractivity contribution in [2.24, 2.45) is 0 Å². The summed E-state index contributed by atoms with van der Waals surface area (Å²) < 4.78 is 4.63. The molecule has 0 saturated carbocycles. The van der Waals surface area contributed by atoms with E-state index in [1.807, 2.05) is 6.07 Å². The molecule has 0 aliphatic rings. The molecule has 0 fully saturated rings. The lowest BCUT2D eigenvalue weighted by Gasteiger charge is -2.11. The number of ether oxygens (including phenoxy) is 1. The van der Waals surface area contributed by atoms with E-state index in [0.717, 1.165) is 18.1 Å². The van der Waals surface area contributed by atoms with Crippen molar-refractivity contribution in [1.29, 1.82) is 0 Å². The number of thiazole rings is 1. The molecule has 1 aromatic heterocycles. The first-order chi connectivity index (χ1) is 9.70. The van der Waals surface area contributed by atoms with E-state index in [4.69, 9.17) is 0 Å². The lowest BCUT2D eigenvalue weighted by Crippen LogP contribution is -2.07. The summed E-state index contributed by atoms with van der Waals surface area (Å²) in [5, 5.41) is 5.70. The number of carbonyl (C=O) groups is 1. The molecule has 20 heavy (non-hydrogen) atoms. The third-order valence-corrected chi connectivity index (χ3v) is 3.92. The zero-order valence-electron chi connectivity index (χ0n) is 11.6. The molecule has 1 atom stereocenters. The molecule has 106 valence electrons. The molecule has 1 N–H and O–H groups in total. The average molecular weight is 290 g/mol. The van der Waals surface area contributed by atoms with Gasteiger partial charge in [0.15, 0.2) is 10.8 Å². The maximum Gasteiger partial charge on any atom is 0.357 e. The first kappa shape index (κ1) is 14.5. The summed E-state index contributed by atoms with van der Waals surface area (Å²) in [5.74, 6) is 0.0932. The van der Waals surface area contributed by atoms with Crippen molar-refractivity contribution >= 4 is 22.4 Å². The zero-order chi connectivity index (χ0) is 14.4. The molecular weight excluding hydrogens is 272 g/mol. The minimum Gasteiger partial charge on any atom is -0.464 e. The number of rotatable bonds is 6. The van der Waals surface area contributed by atoms with Gasteiger partial charge in [0, 0.05) is 11.9 Å². The van der Waals surface area contributed by atoms with Crippen LogP contribution in [0.4, 0.5) is 5.13 Å². The number of aromatic nitrogens is 1. The second kappa shape index (κ2) is 7.05. The van der Waals surface area contributed by atoms with Crippen LogP contribution in [-0.2, 0) is 4.74 Å². The van der Waals surface area contributed by atoms with Crippen LogP contribution >= 0.6 is 11.3 Å². The normalized spacial score (nSPS) is 11.9. The number of hydrogen-bond acceptors (Lipinski definition) is 5. The highest BCUT2D eigenvalue weighted by Gasteiger charge is 2.10. The molecule has 2 aromatic rings. The smallest absolute Gasteiger partial charge is 0.357 e. The van der Waals surface area contributed by atoms with Gasteiger partial charge >= 0.3 is 5.97 Å². The SMILES string of the molecule is COC(=O)c1csc(NCCC(C)c2ccccc2)n1. The quantitative estimate of drug-likeness (QED) is 0.827. The van der Waals surface area contributed by atoms with E-state index in [9.17, 15) is 4.79 Å². The fourth-order valence-corrected chi connectivity index (χ4v) is 2.61. The second-order valence-corrected chi connectivity index (χ2v) is 5.41. The van der Waals surface area contributed by atoms with Gasteiger partial charge in [-0.2, -0.15) is 0 Å². The number of benzene rings is 1. The monoisotopic (exact) mass is 290 g/mol. The van der Waals surface area contributed by atoms with Gasteiger partial charge in [0.2, 0.25) is 0 Å². The Labute approximate surface area is 122 Å². The molecule has 0 amide bonds. The van der Waals surface area contributed by atoms with E-state index in [1.165, 1.54) is 24.0 Å². The zero-order valence-corrected chi connectivity index (χ0v) is 12.4. The van der Waals surface area contributed by atoms with E-state index in [1.54, 1.807) is 5.38 Å².